The quantitative estimate of drug-likeness (QED) is 0.811. The highest BCUT2D eigenvalue weighted by Gasteiger charge is 2.54. The summed E-state index contributed by atoms with van der Waals surface area (Å²) < 4.78 is 0. The van der Waals surface area contributed by atoms with Crippen LogP contribution in [-0.4, -0.2) is 68.3 Å². The Labute approximate surface area is 162 Å². The number of rotatable bonds is 3. The van der Waals surface area contributed by atoms with E-state index in [-0.39, 0.29) is 29.3 Å². The maximum Gasteiger partial charge on any atom is 0.270 e. The Morgan fingerprint density at radius 1 is 1.32 bits per heavy atom. The number of carbonyl (C=O) groups is 2. The summed E-state index contributed by atoms with van der Waals surface area (Å²) in [5, 5.41) is 9.98. The van der Waals surface area contributed by atoms with Crippen molar-refractivity contribution >= 4 is 17.5 Å². The normalized spacial score (nSPS) is 25.9. The molecule has 9 nitrogen and oxygen atoms in total. The van der Waals surface area contributed by atoms with Crippen molar-refractivity contribution in [1.82, 2.24) is 20.0 Å². The van der Waals surface area contributed by atoms with Gasteiger partial charge in [0.15, 0.2) is 0 Å². The van der Waals surface area contributed by atoms with Crippen molar-refractivity contribution in [3.63, 3.8) is 0 Å². The van der Waals surface area contributed by atoms with Crippen molar-refractivity contribution < 1.29 is 14.4 Å². The average Bonchev–Trinajstić information content (AvgIpc) is 3.01. The van der Waals surface area contributed by atoms with Crippen molar-refractivity contribution in [3.05, 3.63) is 28.2 Å². The number of nitrogens with one attached hydrogen (secondary N) is 1. The van der Waals surface area contributed by atoms with Crippen LogP contribution in [0, 0.1) is 0 Å². The van der Waals surface area contributed by atoms with E-state index in [0.29, 0.717) is 31.6 Å². The van der Waals surface area contributed by atoms with Crippen LogP contribution in [0.15, 0.2) is 22.2 Å². The highest BCUT2D eigenvalue weighted by atomic mass is 16.7. The van der Waals surface area contributed by atoms with Gasteiger partial charge in [-0.05, 0) is 39.2 Å². The lowest BCUT2D eigenvalue weighted by atomic mass is 9.72. The van der Waals surface area contributed by atoms with Crippen LogP contribution in [0.2, 0.25) is 0 Å². The van der Waals surface area contributed by atoms with Crippen molar-refractivity contribution in [2.45, 2.75) is 57.1 Å². The third kappa shape index (κ3) is 3.08. The van der Waals surface area contributed by atoms with Crippen molar-refractivity contribution in [1.29, 1.82) is 0 Å². The maximum absolute atomic E-state index is 13.3. The third-order valence-corrected chi connectivity index (χ3v) is 6.13. The predicted octanol–water partition coefficient (Wildman–Crippen LogP) is 0.461. The third-order valence-electron chi connectivity index (χ3n) is 6.13. The summed E-state index contributed by atoms with van der Waals surface area (Å²) in [5.41, 5.74) is -0.415. The van der Waals surface area contributed by atoms with Gasteiger partial charge in [0, 0.05) is 37.8 Å². The summed E-state index contributed by atoms with van der Waals surface area (Å²) >= 11 is 0. The van der Waals surface area contributed by atoms with E-state index in [4.69, 9.17) is 4.84 Å². The SMILES string of the molecule is CC1=NOC(C)(C(=O)N2CCN(C(=O)Cc3ccn[nH]c3=O)CC23CCC3)C1. The number of aromatic nitrogens is 2. The number of carbonyl (C=O) groups excluding carboxylic acids is 2. The van der Waals surface area contributed by atoms with Crippen LogP contribution >= 0.6 is 0 Å². The molecule has 9 heteroatoms. The molecule has 2 aliphatic heterocycles. The number of nitrogens with zero attached hydrogens (tertiary/aromatic N) is 4. The summed E-state index contributed by atoms with van der Waals surface area (Å²) in [4.78, 5) is 47.0. The second kappa shape index (κ2) is 6.72. The molecule has 4 rings (SSSR count). The smallest absolute Gasteiger partial charge is 0.270 e. The summed E-state index contributed by atoms with van der Waals surface area (Å²) in [6.07, 6.45) is 4.77. The highest BCUT2D eigenvalue weighted by Crippen LogP contribution is 2.42. The average molecular weight is 387 g/mol. The number of H-pyrrole nitrogens is 1. The monoisotopic (exact) mass is 387 g/mol. The van der Waals surface area contributed by atoms with Gasteiger partial charge in [-0.15, -0.1) is 0 Å². The summed E-state index contributed by atoms with van der Waals surface area (Å²) in [6, 6.07) is 1.57. The van der Waals surface area contributed by atoms with Crippen LogP contribution in [0.25, 0.3) is 0 Å². The Kier molecular flexibility index (Phi) is 4.47. The van der Waals surface area contributed by atoms with Gasteiger partial charge in [-0.25, -0.2) is 5.10 Å². The molecule has 1 unspecified atom stereocenters. The second-order valence-corrected chi connectivity index (χ2v) is 8.26. The lowest BCUT2D eigenvalue weighted by Gasteiger charge is -2.56. The minimum Gasteiger partial charge on any atom is -0.379 e. The van der Waals surface area contributed by atoms with Crippen LogP contribution in [0.4, 0.5) is 0 Å². The Hall–Kier alpha value is -2.71. The first kappa shape index (κ1) is 18.6. The van der Waals surface area contributed by atoms with Gasteiger partial charge in [0.1, 0.15) is 0 Å². The molecule has 3 heterocycles. The van der Waals surface area contributed by atoms with E-state index >= 15 is 0 Å². The first-order valence-electron chi connectivity index (χ1n) is 9.67. The molecule has 0 bridgehead atoms. The number of aromatic amines is 1. The largest absolute Gasteiger partial charge is 0.379 e. The first-order valence-corrected chi connectivity index (χ1v) is 9.67. The van der Waals surface area contributed by atoms with Gasteiger partial charge in [0.05, 0.1) is 17.7 Å². The molecule has 1 spiro atoms. The summed E-state index contributed by atoms with van der Waals surface area (Å²) in [5.74, 6) is -0.150. The zero-order chi connectivity index (χ0) is 19.9. The van der Waals surface area contributed by atoms with E-state index in [1.54, 1.807) is 17.9 Å². The molecule has 2 fully saturated rings. The molecule has 1 atom stereocenters. The fourth-order valence-corrected chi connectivity index (χ4v) is 4.44. The van der Waals surface area contributed by atoms with E-state index in [1.807, 2.05) is 11.8 Å². The fraction of sp³-hybridized carbons (Fsp3) is 0.632. The Morgan fingerprint density at radius 3 is 2.71 bits per heavy atom. The van der Waals surface area contributed by atoms with Crippen LogP contribution in [0.5, 0.6) is 0 Å². The zero-order valence-electron chi connectivity index (χ0n) is 16.2. The number of oxime groups is 1. The molecule has 1 N–H and O–H groups in total. The van der Waals surface area contributed by atoms with Gasteiger partial charge >= 0.3 is 0 Å². The molecular formula is C19H25N5O4. The molecule has 1 aromatic heterocycles. The maximum atomic E-state index is 13.3. The van der Waals surface area contributed by atoms with E-state index in [2.05, 4.69) is 15.4 Å². The Balaban J connectivity index is 1.47. The van der Waals surface area contributed by atoms with Crippen molar-refractivity contribution in [2.24, 2.45) is 5.16 Å². The number of hydrogen-bond acceptors (Lipinski definition) is 6. The predicted molar refractivity (Wildman–Crippen MR) is 101 cm³/mol. The number of piperazine rings is 1. The van der Waals surface area contributed by atoms with E-state index < -0.39 is 5.60 Å². The van der Waals surface area contributed by atoms with Gasteiger partial charge in [0.25, 0.3) is 11.5 Å². The van der Waals surface area contributed by atoms with Gasteiger partial charge < -0.3 is 14.6 Å². The highest BCUT2D eigenvalue weighted by molar-refractivity contribution is 5.95. The molecule has 0 radical (unpaired) electrons. The molecule has 2 amide bonds. The van der Waals surface area contributed by atoms with Crippen molar-refractivity contribution in [3.8, 4) is 0 Å². The molecule has 1 saturated carbocycles. The van der Waals surface area contributed by atoms with Gasteiger partial charge in [-0.3, -0.25) is 14.4 Å². The summed E-state index contributed by atoms with van der Waals surface area (Å²) in [6.45, 7) is 5.06. The van der Waals surface area contributed by atoms with Crippen LogP contribution in [-0.2, 0) is 20.8 Å². The van der Waals surface area contributed by atoms with E-state index in [0.717, 1.165) is 25.0 Å². The minimum atomic E-state index is -0.955. The molecule has 1 saturated heterocycles. The fourth-order valence-electron chi connectivity index (χ4n) is 4.44. The van der Waals surface area contributed by atoms with Crippen LogP contribution in [0.3, 0.4) is 0 Å². The Bertz CT molecular complexity index is 890. The van der Waals surface area contributed by atoms with E-state index in [9.17, 15) is 14.4 Å². The summed E-state index contributed by atoms with van der Waals surface area (Å²) in [7, 11) is 0. The van der Waals surface area contributed by atoms with Crippen molar-refractivity contribution in [2.75, 3.05) is 19.6 Å². The molecule has 150 valence electrons. The lowest BCUT2D eigenvalue weighted by Crippen LogP contribution is -2.70. The standard InChI is InChI=1S/C19H25N5O4/c1-13-11-18(2,28-22-13)17(27)24-9-8-23(12-19(24)5-3-6-19)15(25)10-14-4-7-20-21-16(14)26/h4,7H,3,5-6,8-12H2,1-2H3,(H,21,26). The first-order chi connectivity index (χ1) is 13.3. The van der Waals surface area contributed by atoms with Gasteiger partial charge in [0.2, 0.25) is 11.5 Å². The van der Waals surface area contributed by atoms with Gasteiger partial charge in [-0.2, -0.15) is 5.10 Å². The second-order valence-electron chi connectivity index (χ2n) is 8.26. The molecule has 28 heavy (non-hydrogen) atoms. The number of hydrogen-bond donors (Lipinski definition) is 1. The molecule has 1 aromatic rings. The molecular weight excluding hydrogens is 362 g/mol. The van der Waals surface area contributed by atoms with E-state index in [1.165, 1.54) is 6.20 Å². The molecule has 0 aromatic carbocycles. The van der Waals surface area contributed by atoms with Crippen LogP contribution in [0.1, 0.15) is 45.1 Å². The molecule has 1 aliphatic carbocycles. The Morgan fingerprint density at radius 2 is 2.11 bits per heavy atom. The number of amides is 2. The van der Waals surface area contributed by atoms with Crippen LogP contribution < -0.4 is 5.56 Å². The van der Waals surface area contributed by atoms with Gasteiger partial charge in [-0.1, -0.05) is 5.16 Å². The lowest BCUT2D eigenvalue weighted by molar-refractivity contribution is -0.172. The minimum absolute atomic E-state index is 0.0374. The topological polar surface area (TPSA) is 108 Å². The molecule has 3 aliphatic rings. The zero-order valence-corrected chi connectivity index (χ0v) is 16.2.